The van der Waals surface area contributed by atoms with Crippen LogP contribution in [0.2, 0.25) is 0 Å². The van der Waals surface area contributed by atoms with E-state index < -0.39 is 5.97 Å². The van der Waals surface area contributed by atoms with Gasteiger partial charge in [-0.2, -0.15) is 0 Å². The molecule has 2 N–H and O–H groups in total. The van der Waals surface area contributed by atoms with E-state index in [0.717, 1.165) is 12.3 Å². The number of carbonyl (C=O) groups is 1. The molecule has 0 bridgehead atoms. The van der Waals surface area contributed by atoms with Crippen molar-refractivity contribution in [2.45, 2.75) is 39.2 Å². The van der Waals surface area contributed by atoms with Gasteiger partial charge in [0.2, 0.25) is 0 Å². The lowest BCUT2D eigenvalue weighted by Gasteiger charge is -2.20. The van der Waals surface area contributed by atoms with Crippen LogP contribution in [-0.4, -0.2) is 23.7 Å². The summed E-state index contributed by atoms with van der Waals surface area (Å²) in [4.78, 5) is 10.6. The van der Waals surface area contributed by atoms with Crippen molar-refractivity contribution in [3.05, 3.63) is 12.2 Å². The Morgan fingerprint density at radius 1 is 1.53 bits per heavy atom. The lowest BCUT2D eigenvalue weighted by atomic mass is 9.93. The number of rotatable bonds is 5. The number of carboxylic acid groups (broad SMARTS) is 1. The Hall–Kier alpha value is -0.830. The molecule has 0 aliphatic heterocycles. The predicted octanol–water partition coefficient (Wildman–Crippen LogP) is 2.04. The molecular formula is C12H21NO2. The molecular weight excluding hydrogens is 190 g/mol. The van der Waals surface area contributed by atoms with Crippen LogP contribution in [0.4, 0.5) is 0 Å². The Balaban J connectivity index is 2.34. The van der Waals surface area contributed by atoms with Crippen molar-refractivity contribution in [2.75, 3.05) is 6.54 Å². The van der Waals surface area contributed by atoms with E-state index in [1.807, 2.05) is 0 Å². The highest BCUT2D eigenvalue weighted by molar-refractivity contribution is 5.86. The van der Waals surface area contributed by atoms with Crippen LogP contribution < -0.4 is 5.32 Å². The van der Waals surface area contributed by atoms with Crippen molar-refractivity contribution >= 4 is 5.97 Å². The van der Waals surface area contributed by atoms with Gasteiger partial charge in [0.05, 0.1) is 0 Å². The van der Waals surface area contributed by atoms with Crippen molar-refractivity contribution in [3.63, 3.8) is 0 Å². The molecule has 0 radical (unpaired) electrons. The molecule has 1 rings (SSSR count). The van der Waals surface area contributed by atoms with Gasteiger partial charge < -0.3 is 10.4 Å². The predicted molar refractivity (Wildman–Crippen MR) is 60.7 cm³/mol. The van der Waals surface area contributed by atoms with Gasteiger partial charge in [0.1, 0.15) is 0 Å². The van der Waals surface area contributed by atoms with Gasteiger partial charge in [0.15, 0.2) is 0 Å². The molecule has 3 heteroatoms. The summed E-state index contributed by atoms with van der Waals surface area (Å²) in [6.07, 6.45) is 3.64. The molecule has 3 atom stereocenters. The standard InChI is InChI=1S/C12H21NO2/c1-4-10-5-6-11(9(10)3)13-7-8(2)12(14)15/h9-11,13H,2,4-7H2,1,3H3,(H,14,15). The second kappa shape index (κ2) is 5.31. The molecule has 0 aromatic carbocycles. The normalized spacial score (nSPS) is 30.4. The number of nitrogens with one attached hydrogen (secondary N) is 1. The van der Waals surface area contributed by atoms with Crippen LogP contribution in [0.1, 0.15) is 33.1 Å². The molecule has 0 heterocycles. The third kappa shape index (κ3) is 3.06. The van der Waals surface area contributed by atoms with Gasteiger partial charge in [-0.15, -0.1) is 0 Å². The number of carboxylic acids is 1. The highest BCUT2D eigenvalue weighted by Crippen LogP contribution is 2.33. The fourth-order valence-electron chi connectivity index (χ4n) is 2.44. The molecule has 0 amide bonds. The second-order valence-electron chi connectivity index (χ2n) is 4.50. The number of aliphatic carboxylic acids is 1. The summed E-state index contributed by atoms with van der Waals surface area (Å²) in [6.45, 7) is 8.40. The molecule has 1 saturated carbocycles. The molecule has 3 unspecified atom stereocenters. The third-order valence-corrected chi connectivity index (χ3v) is 3.63. The zero-order valence-electron chi connectivity index (χ0n) is 9.62. The first-order chi connectivity index (χ1) is 7.06. The fraction of sp³-hybridized carbons (Fsp3) is 0.750. The quantitative estimate of drug-likeness (QED) is 0.684. The van der Waals surface area contributed by atoms with Crippen molar-refractivity contribution in [1.29, 1.82) is 0 Å². The second-order valence-corrected chi connectivity index (χ2v) is 4.50. The van der Waals surface area contributed by atoms with Crippen LogP contribution in [0.5, 0.6) is 0 Å². The lowest BCUT2D eigenvalue weighted by molar-refractivity contribution is -0.132. The number of hydrogen-bond acceptors (Lipinski definition) is 2. The van der Waals surface area contributed by atoms with E-state index in [-0.39, 0.29) is 5.57 Å². The summed E-state index contributed by atoms with van der Waals surface area (Å²) in [5.41, 5.74) is 0.252. The first-order valence-corrected chi connectivity index (χ1v) is 5.70. The van der Waals surface area contributed by atoms with Gasteiger partial charge in [-0.3, -0.25) is 0 Å². The van der Waals surface area contributed by atoms with E-state index in [1.54, 1.807) is 0 Å². The molecule has 86 valence electrons. The third-order valence-electron chi connectivity index (χ3n) is 3.63. The maximum atomic E-state index is 10.6. The number of hydrogen-bond donors (Lipinski definition) is 2. The van der Waals surface area contributed by atoms with Gasteiger partial charge >= 0.3 is 5.97 Å². The van der Waals surface area contributed by atoms with Crippen molar-refractivity contribution in [2.24, 2.45) is 11.8 Å². The van der Waals surface area contributed by atoms with E-state index >= 15 is 0 Å². The summed E-state index contributed by atoms with van der Waals surface area (Å²) >= 11 is 0. The van der Waals surface area contributed by atoms with Crippen molar-refractivity contribution in [3.8, 4) is 0 Å². The first-order valence-electron chi connectivity index (χ1n) is 5.70. The monoisotopic (exact) mass is 211 g/mol. The smallest absolute Gasteiger partial charge is 0.332 e. The highest BCUT2D eigenvalue weighted by Gasteiger charge is 2.31. The van der Waals surface area contributed by atoms with E-state index in [2.05, 4.69) is 25.7 Å². The Labute approximate surface area is 91.6 Å². The van der Waals surface area contributed by atoms with Crippen LogP contribution in [-0.2, 0) is 4.79 Å². The van der Waals surface area contributed by atoms with Crippen LogP contribution in [0, 0.1) is 11.8 Å². The zero-order chi connectivity index (χ0) is 11.4. The summed E-state index contributed by atoms with van der Waals surface area (Å²) in [5.74, 6) is 0.539. The van der Waals surface area contributed by atoms with E-state index in [0.29, 0.717) is 18.5 Å². The Morgan fingerprint density at radius 2 is 2.20 bits per heavy atom. The summed E-state index contributed by atoms with van der Waals surface area (Å²) in [7, 11) is 0. The van der Waals surface area contributed by atoms with Crippen LogP contribution in [0.3, 0.4) is 0 Å². The molecule has 1 aliphatic carbocycles. The van der Waals surface area contributed by atoms with Crippen LogP contribution in [0.15, 0.2) is 12.2 Å². The minimum atomic E-state index is -0.903. The van der Waals surface area contributed by atoms with Gasteiger partial charge in [0, 0.05) is 18.2 Å². The molecule has 15 heavy (non-hydrogen) atoms. The summed E-state index contributed by atoms with van der Waals surface area (Å²) < 4.78 is 0. The van der Waals surface area contributed by atoms with Gasteiger partial charge in [0.25, 0.3) is 0 Å². The van der Waals surface area contributed by atoms with Crippen molar-refractivity contribution in [1.82, 2.24) is 5.32 Å². The maximum Gasteiger partial charge on any atom is 0.332 e. The SMILES string of the molecule is C=C(CNC1CCC(CC)C1C)C(=O)O. The molecule has 0 spiro atoms. The Kier molecular flexibility index (Phi) is 4.33. The molecule has 0 aromatic heterocycles. The van der Waals surface area contributed by atoms with Gasteiger partial charge in [-0.05, 0) is 24.7 Å². The summed E-state index contributed by atoms with van der Waals surface area (Å²) in [6, 6.07) is 0.464. The van der Waals surface area contributed by atoms with Crippen molar-refractivity contribution < 1.29 is 9.90 Å². The minimum absolute atomic E-state index is 0.252. The highest BCUT2D eigenvalue weighted by atomic mass is 16.4. The van der Waals surface area contributed by atoms with Crippen LogP contribution >= 0.6 is 0 Å². The lowest BCUT2D eigenvalue weighted by Crippen LogP contribution is -2.35. The zero-order valence-corrected chi connectivity index (χ0v) is 9.62. The largest absolute Gasteiger partial charge is 0.478 e. The minimum Gasteiger partial charge on any atom is -0.478 e. The summed E-state index contributed by atoms with van der Waals surface area (Å²) in [5, 5.41) is 12.0. The molecule has 1 aliphatic rings. The first kappa shape index (κ1) is 12.2. The Bertz CT molecular complexity index is 250. The molecule has 0 saturated heterocycles. The topological polar surface area (TPSA) is 49.3 Å². The van der Waals surface area contributed by atoms with Crippen LogP contribution in [0.25, 0.3) is 0 Å². The van der Waals surface area contributed by atoms with Gasteiger partial charge in [-0.25, -0.2) is 4.79 Å². The molecule has 1 fully saturated rings. The van der Waals surface area contributed by atoms with E-state index in [4.69, 9.17) is 5.11 Å². The van der Waals surface area contributed by atoms with E-state index in [9.17, 15) is 4.79 Å². The van der Waals surface area contributed by atoms with E-state index in [1.165, 1.54) is 12.8 Å². The fourth-order valence-corrected chi connectivity index (χ4v) is 2.44. The average molecular weight is 211 g/mol. The van der Waals surface area contributed by atoms with Gasteiger partial charge in [-0.1, -0.05) is 26.8 Å². The molecule has 3 nitrogen and oxygen atoms in total. The molecule has 0 aromatic rings. The Morgan fingerprint density at radius 3 is 2.67 bits per heavy atom. The average Bonchev–Trinajstić information content (AvgIpc) is 2.55. The maximum absolute atomic E-state index is 10.6.